The SMILES string of the molecule is O=c1[nH]c(N2CCC3(CC2)CN(Cc2cccnc2)c2cc(Cl)ccc23)nc2c1CCCC2. The highest BCUT2D eigenvalue weighted by Gasteiger charge is 2.45. The van der Waals surface area contributed by atoms with Crippen LogP contribution in [0.15, 0.2) is 47.5 Å². The second kappa shape index (κ2) is 8.17. The van der Waals surface area contributed by atoms with E-state index in [0.29, 0.717) is 0 Å². The normalized spacial score (nSPS) is 18.9. The molecule has 33 heavy (non-hydrogen) atoms. The van der Waals surface area contributed by atoms with E-state index in [0.717, 1.165) is 86.9 Å². The summed E-state index contributed by atoms with van der Waals surface area (Å²) in [6.07, 6.45) is 9.78. The van der Waals surface area contributed by atoms with Crippen LogP contribution in [-0.2, 0) is 24.8 Å². The summed E-state index contributed by atoms with van der Waals surface area (Å²) in [4.78, 5) is 29.6. The summed E-state index contributed by atoms with van der Waals surface area (Å²) in [6, 6.07) is 10.5. The van der Waals surface area contributed by atoms with Crippen molar-refractivity contribution < 1.29 is 0 Å². The number of H-pyrrole nitrogens is 1. The number of pyridine rings is 1. The highest BCUT2D eigenvalue weighted by Crippen LogP contribution is 2.48. The fourth-order valence-corrected chi connectivity index (χ4v) is 6.08. The molecule has 0 unspecified atom stereocenters. The molecule has 0 bridgehead atoms. The van der Waals surface area contributed by atoms with E-state index in [1.54, 1.807) is 0 Å². The zero-order valence-corrected chi connectivity index (χ0v) is 19.4. The van der Waals surface area contributed by atoms with Crippen LogP contribution in [0.5, 0.6) is 0 Å². The van der Waals surface area contributed by atoms with Gasteiger partial charge in [-0.1, -0.05) is 23.7 Å². The van der Waals surface area contributed by atoms with Gasteiger partial charge in [-0.2, -0.15) is 0 Å². The van der Waals surface area contributed by atoms with Crippen molar-refractivity contribution in [3.63, 3.8) is 0 Å². The number of nitrogens with one attached hydrogen (secondary N) is 1. The number of nitrogens with zero attached hydrogens (tertiary/aromatic N) is 4. The summed E-state index contributed by atoms with van der Waals surface area (Å²) in [5, 5.41) is 0.773. The average molecular weight is 462 g/mol. The Morgan fingerprint density at radius 1 is 1.12 bits per heavy atom. The Morgan fingerprint density at radius 2 is 1.97 bits per heavy atom. The summed E-state index contributed by atoms with van der Waals surface area (Å²) in [7, 11) is 0. The third kappa shape index (κ3) is 3.70. The van der Waals surface area contributed by atoms with E-state index in [2.05, 4.69) is 38.0 Å². The van der Waals surface area contributed by atoms with Gasteiger partial charge in [0.2, 0.25) is 5.95 Å². The summed E-state index contributed by atoms with van der Waals surface area (Å²) in [5.74, 6) is 0.747. The maximum atomic E-state index is 12.6. The Bertz CT molecular complexity index is 1230. The van der Waals surface area contributed by atoms with E-state index in [-0.39, 0.29) is 11.0 Å². The van der Waals surface area contributed by atoms with E-state index in [1.807, 2.05) is 24.5 Å². The van der Waals surface area contributed by atoms with Gasteiger partial charge in [0.1, 0.15) is 0 Å². The monoisotopic (exact) mass is 461 g/mol. The second-order valence-electron chi connectivity index (χ2n) is 9.67. The van der Waals surface area contributed by atoms with Crippen molar-refractivity contribution in [3.05, 3.63) is 80.5 Å². The molecule has 1 aliphatic carbocycles. The number of fused-ring (bicyclic) bond motifs is 3. The summed E-state index contributed by atoms with van der Waals surface area (Å²) in [6.45, 7) is 3.56. The molecule has 1 aromatic carbocycles. The van der Waals surface area contributed by atoms with Crippen LogP contribution in [-0.4, -0.2) is 34.6 Å². The lowest BCUT2D eigenvalue weighted by Gasteiger charge is -2.40. The van der Waals surface area contributed by atoms with Crippen LogP contribution in [0.1, 0.15) is 48.1 Å². The smallest absolute Gasteiger partial charge is 0.255 e. The molecule has 4 heterocycles. The summed E-state index contributed by atoms with van der Waals surface area (Å²) in [5.41, 5.74) is 5.87. The second-order valence-corrected chi connectivity index (χ2v) is 10.1. The number of rotatable bonds is 3. The number of hydrogen-bond acceptors (Lipinski definition) is 5. The average Bonchev–Trinajstić information content (AvgIpc) is 3.12. The molecule has 6 rings (SSSR count). The molecule has 0 saturated carbocycles. The lowest BCUT2D eigenvalue weighted by Crippen LogP contribution is -2.46. The van der Waals surface area contributed by atoms with Gasteiger partial charge in [-0.25, -0.2) is 4.98 Å². The molecule has 1 saturated heterocycles. The first-order valence-electron chi connectivity index (χ1n) is 11.9. The van der Waals surface area contributed by atoms with Crippen LogP contribution in [0.2, 0.25) is 5.02 Å². The third-order valence-electron chi connectivity index (χ3n) is 7.66. The molecule has 2 aromatic heterocycles. The number of piperidine rings is 1. The standard InChI is InChI=1S/C26H28ClN5O/c27-19-7-8-21-23(14-19)32(16-18-4-3-11-28-15-18)17-26(21)9-12-31(13-10-26)25-29-22-6-2-1-5-20(22)24(33)30-25/h3-4,7-8,11,14-15H,1-2,5-6,9-10,12-13,16-17H2,(H,29,30,33). The Kier molecular flexibility index (Phi) is 5.13. The highest BCUT2D eigenvalue weighted by molar-refractivity contribution is 6.30. The van der Waals surface area contributed by atoms with Crippen molar-refractivity contribution in [2.75, 3.05) is 29.4 Å². The first-order valence-corrected chi connectivity index (χ1v) is 12.3. The van der Waals surface area contributed by atoms with Crippen LogP contribution >= 0.6 is 11.6 Å². The summed E-state index contributed by atoms with van der Waals surface area (Å²) < 4.78 is 0. The van der Waals surface area contributed by atoms with E-state index in [1.165, 1.54) is 16.8 Å². The van der Waals surface area contributed by atoms with Crippen molar-refractivity contribution in [2.24, 2.45) is 0 Å². The Labute approximate surface area is 198 Å². The van der Waals surface area contributed by atoms with Gasteiger partial charge in [-0.05, 0) is 67.9 Å². The van der Waals surface area contributed by atoms with Crippen molar-refractivity contribution in [1.82, 2.24) is 15.0 Å². The van der Waals surface area contributed by atoms with E-state index in [9.17, 15) is 4.79 Å². The molecule has 170 valence electrons. The quantitative estimate of drug-likeness (QED) is 0.631. The number of anilines is 2. The Balaban J connectivity index is 1.26. The molecule has 0 amide bonds. The maximum Gasteiger partial charge on any atom is 0.255 e. The fourth-order valence-electron chi connectivity index (χ4n) is 5.92. The van der Waals surface area contributed by atoms with E-state index in [4.69, 9.17) is 16.6 Å². The minimum atomic E-state index is 0.0542. The molecule has 1 N–H and O–H groups in total. The van der Waals surface area contributed by atoms with Crippen LogP contribution in [0.25, 0.3) is 0 Å². The number of benzene rings is 1. The number of aromatic amines is 1. The number of aryl methyl sites for hydroxylation is 1. The van der Waals surface area contributed by atoms with Gasteiger partial charge in [-0.15, -0.1) is 0 Å². The molecular formula is C26H28ClN5O. The minimum Gasteiger partial charge on any atom is -0.366 e. The lowest BCUT2D eigenvalue weighted by atomic mass is 9.74. The molecule has 3 aromatic rings. The van der Waals surface area contributed by atoms with E-state index < -0.39 is 0 Å². The molecule has 0 radical (unpaired) electrons. The van der Waals surface area contributed by atoms with Crippen molar-refractivity contribution in [1.29, 1.82) is 0 Å². The minimum absolute atomic E-state index is 0.0542. The van der Waals surface area contributed by atoms with Gasteiger partial charge in [0.25, 0.3) is 5.56 Å². The number of aromatic nitrogens is 3. The Hall–Kier alpha value is -2.86. The van der Waals surface area contributed by atoms with Crippen LogP contribution in [0, 0.1) is 0 Å². The molecule has 1 fully saturated rings. The van der Waals surface area contributed by atoms with Crippen LogP contribution in [0.4, 0.5) is 11.6 Å². The first-order chi connectivity index (χ1) is 16.1. The molecule has 2 aliphatic heterocycles. The predicted octanol–water partition coefficient (Wildman–Crippen LogP) is 4.26. The molecule has 3 aliphatic rings. The van der Waals surface area contributed by atoms with E-state index >= 15 is 0 Å². The van der Waals surface area contributed by atoms with Crippen molar-refractivity contribution >= 4 is 23.2 Å². The van der Waals surface area contributed by atoms with Gasteiger partial charge in [0.05, 0.1) is 5.69 Å². The van der Waals surface area contributed by atoms with Crippen LogP contribution < -0.4 is 15.4 Å². The largest absolute Gasteiger partial charge is 0.366 e. The van der Waals surface area contributed by atoms with Gasteiger partial charge in [0.15, 0.2) is 0 Å². The number of halogens is 1. The van der Waals surface area contributed by atoms with Gasteiger partial charge < -0.3 is 9.80 Å². The molecule has 6 nitrogen and oxygen atoms in total. The third-order valence-corrected chi connectivity index (χ3v) is 7.90. The Morgan fingerprint density at radius 3 is 2.79 bits per heavy atom. The molecule has 0 atom stereocenters. The molecule has 1 spiro atoms. The molecular weight excluding hydrogens is 434 g/mol. The van der Waals surface area contributed by atoms with Gasteiger partial charge >= 0.3 is 0 Å². The maximum absolute atomic E-state index is 12.6. The van der Waals surface area contributed by atoms with Crippen LogP contribution in [0.3, 0.4) is 0 Å². The zero-order valence-electron chi connectivity index (χ0n) is 18.7. The van der Waals surface area contributed by atoms with Gasteiger partial charge in [0, 0.05) is 60.3 Å². The lowest BCUT2D eigenvalue weighted by molar-refractivity contribution is 0.347. The first kappa shape index (κ1) is 20.7. The van der Waals surface area contributed by atoms with Gasteiger partial charge in [-0.3, -0.25) is 14.8 Å². The summed E-state index contributed by atoms with van der Waals surface area (Å²) >= 11 is 6.41. The van der Waals surface area contributed by atoms with Crippen molar-refractivity contribution in [3.8, 4) is 0 Å². The predicted molar refractivity (Wildman–Crippen MR) is 131 cm³/mol. The fraction of sp³-hybridized carbons (Fsp3) is 0.423. The zero-order chi connectivity index (χ0) is 22.4. The van der Waals surface area contributed by atoms with Crippen molar-refractivity contribution in [2.45, 2.75) is 50.5 Å². The topological polar surface area (TPSA) is 65.1 Å². The molecule has 7 heteroatoms. The highest BCUT2D eigenvalue weighted by atomic mass is 35.5. The number of hydrogen-bond donors (Lipinski definition) is 1.